The third-order valence-corrected chi connectivity index (χ3v) is 5.64. The number of fused-ring (bicyclic) bond motifs is 1. The molecule has 0 unspecified atom stereocenters. The van der Waals surface area contributed by atoms with E-state index in [4.69, 9.17) is 24.3 Å². The molecule has 0 radical (unpaired) electrons. The molecule has 3 rings (SSSR count). The molecule has 178 valence electrons. The molecule has 3 N–H and O–H groups in total. The van der Waals surface area contributed by atoms with Gasteiger partial charge in [-0.1, -0.05) is 13.8 Å². The normalized spacial score (nSPS) is 11.6. The molecule has 1 aromatic carbocycles. The van der Waals surface area contributed by atoms with Crippen LogP contribution < -0.4 is 19.5 Å². The maximum Gasteiger partial charge on any atom is 0.203 e. The predicted molar refractivity (Wildman–Crippen MR) is 126 cm³/mol. The number of nitrogens with zero attached hydrogens (tertiary/aromatic N) is 2. The zero-order valence-electron chi connectivity index (χ0n) is 19.8. The Bertz CT molecular complexity index is 1080. The fourth-order valence-electron chi connectivity index (χ4n) is 3.64. The number of methoxy groups -OCH3 is 3. The van der Waals surface area contributed by atoms with Gasteiger partial charge in [-0.15, -0.1) is 0 Å². The molecule has 0 aliphatic heterocycles. The molecule has 0 saturated carbocycles. The molecule has 0 fully saturated rings. The number of H-pyrrole nitrogens is 1. The second kappa shape index (κ2) is 10.6. The smallest absolute Gasteiger partial charge is 0.203 e. The van der Waals surface area contributed by atoms with Crippen molar-refractivity contribution in [2.45, 2.75) is 26.7 Å². The number of aromatic nitrogens is 3. The van der Waals surface area contributed by atoms with Crippen molar-refractivity contribution in [3.8, 4) is 28.5 Å². The Labute approximate surface area is 193 Å². The molecule has 0 atom stereocenters. The summed E-state index contributed by atoms with van der Waals surface area (Å²) in [4.78, 5) is 25.7. The van der Waals surface area contributed by atoms with Crippen LogP contribution in [0.3, 0.4) is 0 Å². The number of aliphatic hydroxyl groups is 1. The number of rotatable bonds is 12. The van der Waals surface area contributed by atoms with Gasteiger partial charge in [0.2, 0.25) is 5.75 Å². The minimum Gasteiger partial charge on any atom is -0.493 e. The van der Waals surface area contributed by atoms with E-state index in [9.17, 15) is 4.79 Å². The van der Waals surface area contributed by atoms with Crippen LogP contribution in [0.15, 0.2) is 24.5 Å². The summed E-state index contributed by atoms with van der Waals surface area (Å²) in [5.74, 6) is 1.50. The fourth-order valence-corrected chi connectivity index (χ4v) is 3.64. The Morgan fingerprint density at radius 3 is 2.42 bits per heavy atom. The molecule has 33 heavy (non-hydrogen) atoms. The van der Waals surface area contributed by atoms with Gasteiger partial charge >= 0.3 is 0 Å². The number of aromatic amines is 1. The van der Waals surface area contributed by atoms with Crippen LogP contribution in [-0.2, 0) is 0 Å². The predicted octanol–water partition coefficient (Wildman–Crippen LogP) is 3.22. The summed E-state index contributed by atoms with van der Waals surface area (Å²) in [6, 6.07) is 3.60. The van der Waals surface area contributed by atoms with Gasteiger partial charge in [0.15, 0.2) is 22.9 Å². The molecule has 0 saturated heterocycles. The first kappa shape index (κ1) is 24.5. The zero-order chi connectivity index (χ0) is 24.0. The SMILES string of the molecule is COc1cc(-c2cnc3[nH]cc(C(=O)C(C)(C)CCNCCCO)c3n2)cc(OC)c1OC. The Morgan fingerprint density at radius 2 is 1.82 bits per heavy atom. The van der Waals surface area contributed by atoms with E-state index in [2.05, 4.69) is 15.3 Å². The Kier molecular flexibility index (Phi) is 7.88. The summed E-state index contributed by atoms with van der Waals surface area (Å²) >= 11 is 0. The third-order valence-electron chi connectivity index (χ3n) is 5.64. The van der Waals surface area contributed by atoms with E-state index in [1.165, 1.54) is 0 Å². The molecule has 2 heterocycles. The number of hydrogen-bond acceptors (Lipinski definition) is 8. The molecule has 0 bridgehead atoms. The second-order valence-electron chi connectivity index (χ2n) is 8.36. The first-order chi connectivity index (χ1) is 15.9. The average Bonchev–Trinajstić information content (AvgIpc) is 3.25. The standard InChI is InChI=1S/C24H32N4O5/c1-24(2,7-9-25-8-6-10-29)22(30)16-13-26-23-20(16)28-17(14-27-23)15-11-18(31-3)21(33-5)19(12-15)32-4/h11-14,25,29H,6-10H2,1-5H3,(H,26,27). The van der Waals surface area contributed by atoms with Crippen LogP contribution >= 0.6 is 0 Å². The first-order valence-corrected chi connectivity index (χ1v) is 10.9. The average molecular weight is 457 g/mol. The van der Waals surface area contributed by atoms with Crippen LogP contribution in [0.1, 0.15) is 37.0 Å². The molecule has 0 aliphatic carbocycles. The van der Waals surface area contributed by atoms with Crippen LogP contribution in [0, 0.1) is 5.41 Å². The molecule has 0 amide bonds. The third kappa shape index (κ3) is 5.26. The molecule has 0 spiro atoms. The highest BCUT2D eigenvalue weighted by molar-refractivity contribution is 6.08. The molecule has 2 aromatic heterocycles. The van der Waals surface area contributed by atoms with Crippen LogP contribution in [0.4, 0.5) is 0 Å². The van der Waals surface area contributed by atoms with Gasteiger partial charge in [-0.05, 0) is 38.1 Å². The number of aliphatic hydroxyl groups excluding tert-OH is 1. The molecule has 9 heteroatoms. The van der Waals surface area contributed by atoms with Crippen molar-refractivity contribution in [1.29, 1.82) is 0 Å². The van der Waals surface area contributed by atoms with Gasteiger partial charge in [-0.3, -0.25) is 4.79 Å². The highest BCUT2D eigenvalue weighted by atomic mass is 16.5. The van der Waals surface area contributed by atoms with E-state index >= 15 is 0 Å². The monoisotopic (exact) mass is 456 g/mol. The maximum atomic E-state index is 13.4. The van der Waals surface area contributed by atoms with Crippen LogP contribution in [0.2, 0.25) is 0 Å². The number of hydrogen-bond donors (Lipinski definition) is 3. The highest BCUT2D eigenvalue weighted by Crippen LogP contribution is 2.41. The van der Waals surface area contributed by atoms with Crippen molar-refractivity contribution in [2.24, 2.45) is 5.41 Å². The summed E-state index contributed by atoms with van der Waals surface area (Å²) < 4.78 is 16.3. The fraction of sp³-hybridized carbons (Fsp3) is 0.458. The lowest BCUT2D eigenvalue weighted by molar-refractivity contribution is 0.0828. The number of nitrogens with one attached hydrogen (secondary N) is 2. The van der Waals surface area contributed by atoms with Gasteiger partial charge in [0.25, 0.3) is 0 Å². The number of Topliss-reactive ketones (excluding diaryl/α,β-unsaturated/α-hetero) is 1. The van der Waals surface area contributed by atoms with Crippen molar-refractivity contribution < 1.29 is 24.1 Å². The van der Waals surface area contributed by atoms with Gasteiger partial charge in [0.1, 0.15) is 5.52 Å². The van der Waals surface area contributed by atoms with Gasteiger partial charge in [0, 0.05) is 23.8 Å². The van der Waals surface area contributed by atoms with E-state index in [-0.39, 0.29) is 12.4 Å². The molecule has 3 aromatic rings. The number of carbonyl (C=O) groups excluding carboxylic acids is 1. The Hall–Kier alpha value is -3.17. The topological polar surface area (TPSA) is 119 Å². The molecular weight excluding hydrogens is 424 g/mol. The summed E-state index contributed by atoms with van der Waals surface area (Å²) in [6.45, 7) is 5.41. The van der Waals surface area contributed by atoms with Crippen LogP contribution in [0.25, 0.3) is 22.4 Å². The van der Waals surface area contributed by atoms with Crippen molar-refractivity contribution in [1.82, 2.24) is 20.3 Å². The van der Waals surface area contributed by atoms with Crippen molar-refractivity contribution >= 4 is 16.9 Å². The second-order valence-corrected chi connectivity index (χ2v) is 8.36. The van der Waals surface area contributed by atoms with Crippen molar-refractivity contribution in [3.63, 3.8) is 0 Å². The number of ether oxygens (including phenoxy) is 3. The summed E-state index contributed by atoms with van der Waals surface area (Å²) in [5.41, 5.74) is 2.29. The van der Waals surface area contributed by atoms with Gasteiger partial charge in [0.05, 0.1) is 38.8 Å². The lowest BCUT2D eigenvalue weighted by Crippen LogP contribution is -2.30. The van der Waals surface area contributed by atoms with Gasteiger partial charge < -0.3 is 29.6 Å². The lowest BCUT2D eigenvalue weighted by Gasteiger charge is -2.22. The summed E-state index contributed by atoms with van der Waals surface area (Å²) in [7, 11) is 4.66. The van der Waals surface area contributed by atoms with E-state index in [0.717, 1.165) is 12.1 Å². The van der Waals surface area contributed by atoms with E-state index < -0.39 is 5.41 Å². The van der Waals surface area contributed by atoms with Crippen molar-refractivity contribution in [3.05, 3.63) is 30.1 Å². The highest BCUT2D eigenvalue weighted by Gasteiger charge is 2.31. The van der Waals surface area contributed by atoms with E-state index in [0.29, 0.717) is 59.1 Å². The minimum atomic E-state index is -0.592. The van der Waals surface area contributed by atoms with Gasteiger partial charge in [-0.25, -0.2) is 9.97 Å². The Morgan fingerprint density at radius 1 is 1.12 bits per heavy atom. The Balaban J connectivity index is 1.93. The molecule has 9 nitrogen and oxygen atoms in total. The molecular formula is C24H32N4O5. The maximum absolute atomic E-state index is 13.4. The van der Waals surface area contributed by atoms with Crippen LogP contribution in [0.5, 0.6) is 17.2 Å². The summed E-state index contributed by atoms with van der Waals surface area (Å²) in [6.07, 6.45) is 4.66. The summed E-state index contributed by atoms with van der Waals surface area (Å²) in [5, 5.41) is 12.2. The molecule has 0 aliphatic rings. The number of carbonyl (C=O) groups is 1. The van der Waals surface area contributed by atoms with E-state index in [1.54, 1.807) is 45.9 Å². The van der Waals surface area contributed by atoms with Gasteiger partial charge in [-0.2, -0.15) is 0 Å². The first-order valence-electron chi connectivity index (χ1n) is 10.9. The number of benzene rings is 1. The minimum absolute atomic E-state index is 0.00551. The lowest BCUT2D eigenvalue weighted by atomic mass is 9.81. The van der Waals surface area contributed by atoms with Crippen molar-refractivity contribution in [2.75, 3.05) is 41.0 Å². The largest absolute Gasteiger partial charge is 0.493 e. The van der Waals surface area contributed by atoms with E-state index in [1.807, 2.05) is 13.8 Å². The zero-order valence-corrected chi connectivity index (χ0v) is 19.8. The quantitative estimate of drug-likeness (QED) is 0.281. The van der Waals surface area contributed by atoms with Crippen LogP contribution in [-0.4, -0.2) is 66.9 Å². The number of ketones is 1.